The first-order valence-electron chi connectivity index (χ1n) is 8.03. The van der Waals surface area contributed by atoms with Crippen molar-refractivity contribution < 1.29 is 19.1 Å². The van der Waals surface area contributed by atoms with E-state index < -0.39 is 12.0 Å². The van der Waals surface area contributed by atoms with E-state index in [1.54, 1.807) is 30.0 Å². The summed E-state index contributed by atoms with van der Waals surface area (Å²) in [4.78, 5) is 25.2. The van der Waals surface area contributed by atoms with Crippen LogP contribution in [0.25, 0.3) is 5.69 Å². The smallest absolute Gasteiger partial charge is 0.320 e. The Kier molecular flexibility index (Phi) is 4.80. The first kappa shape index (κ1) is 17.1. The molecule has 1 aliphatic rings. The van der Waals surface area contributed by atoms with Gasteiger partial charge >= 0.3 is 5.97 Å². The number of amides is 1. The Morgan fingerprint density at radius 3 is 2.76 bits per heavy atom. The minimum atomic E-state index is -0.905. The molecule has 0 aliphatic carbocycles. The zero-order chi connectivity index (χ0) is 18.0. The molecule has 0 bridgehead atoms. The van der Waals surface area contributed by atoms with Gasteiger partial charge in [-0.2, -0.15) is 5.10 Å². The molecule has 7 nitrogen and oxygen atoms in total. The zero-order valence-corrected chi connectivity index (χ0v) is 13.8. The highest BCUT2D eigenvalue weighted by Crippen LogP contribution is 2.19. The van der Waals surface area contributed by atoms with E-state index in [-0.39, 0.29) is 18.3 Å². The molecule has 8 heteroatoms. The molecule has 1 aromatic heterocycles. The standard InChI is InChI=1S/C17H19FN4O3/c1-11-9-15(22(20-11)13-6-4-12(18)5-7-13)19-16(23)10-21-8-2-3-14(21)17(24)25/h4-7,9,14H,2-3,8,10H2,1H3,(H,19,23)(H,24,25)/t14-/m1/s1. The molecule has 2 heterocycles. The van der Waals surface area contributed by atoms with Crippen molar-refractivity contribution in [3.05, 3.63) is 41.8 Å². The number of halogens is 1. The predicted molar refractivity (Wildman–Crippen MR) is 89.1 cm³/mol. The molecule has 2 N–H and O–H groups in total. The number of benzene rings is 1. The number of carboxylic acids is 1. The highest BCUT2D eigenvalue weighted by atomic mass is 19.1. The average molecular weight is 346 g/mol. The molecule has 1 amide bonds. The highest BCUT2D eigenvalue weighted by Gasteiger charge is 2.31. The van der Waals surface area contributed by atoms with Gasteiger partial charge in [0.2, 0.25) is 5.91 Å². The van der Waals surface area contributed by atoms with E-state index >= 15 is 0 Å². The molecular weight excluding hydrogens is 327 g/mol. The molecule has 1 aromatic carbocycles. The molecule has 1 saturated heterocycles. The van der Waals surface area contributed by atoms with Crippen molar-refractivity contribution in [1.29, 1.82) is 0 Å². The summed E-state index contributed by atoms with van der Waals surface area (Å²) in [5.41, 5.74) is 1.32. The van der Waals surface area contributed by atoms with Crippen molar-refractivity contribution in [2.24, 2.45) is 0 Å². The Labute approximate surface area is 144 Å². The van der Waals surface area contributed by atoms with Gasteiger partial charge in [-0.05, 0) is 50.6 Å². The number of carboxylic acid groups (broad SMARTS) is 1. The highest BCUT2D eigenvalue weighted by molar-refractivity contribution is 5.92. The largest absolute Gasteiger partial charge is 0.480 e. The number of rotatable bonds is 5. The van der Waals surface area contributed by atoms with Gasteiger partial charge in [0.15, 0.2) is 0 Å². The summed E-state index contributed by atoms with van der Waals surface area (Å²) < 4.78 is 14.6. The van der Waals surface area contributed by atoms with E-state index in [1.165, 1.54) is 16.8 Å². The third-order valence-corrected chi connectivity index (χ3v) is 4.17. The lowest BCUT2D eigenvalue weighted by atomic mass is 10.2. The monoisotopic (exact) mass is 346 g/mol. The number of nitrogens with zero attached hydrogens (tertiary/aromatic N) is 3. The van der Waals surface area contributed by atoms with Crippen molar-refractivity contribution >= 4 is 17.7 Å². The Bertz CT molecular complexity index is 788. The molecule has 3 rings (SSSR count). The molecule has 0 radical (unpaired) electrons. The molecule has 0 spiro atoms. The van der Waals surface area contributed by atoms with Crippen molar-refractivity contribution in [2.75, 3.05) is 18.4 Å². The van der Waals surface area contributed by atoms with Crippen LogP contribution in [0.3, 0.4) is 0 Å². The second kappa shape index (κ2) is 7.02. The lowest BCUT2D eigenvalue weighted by Crippen LogP contribution is -2.41. The number of anilines is 1. The molecule has 0 unspecified atom stereocenters. The molecule has 0 saturated carbocycles. The number of aromatic nitrogens is 2. The molecule has 2 aromatic rings. The fraction of sp³-hybridized carbons (Fsp3) is 0.353. The Hall–Kier alpha value is -2.74. The van der Waals surface area contributed by atoms with Gasteiger partial charge in [0.25, 0.3) is 0 Å². The third-order valence-electron chi connectivity index (χ3n) is 4.17. The number of hydrogen-bond donors (Lipinski definition) is 2. The summed E-state index contributed by atoms with van der Waals surface area (Å²) in [6, 6.07) is 6.87. The number of aliphatic carboxylic acids is 1. The Morgan fingerprint density at radius 1 is 1.36 bits per heavy atom. The summed E-state index contributed by atoms with van der Waals surface area (Å²) in [7, 11) is 0. The van der Waals surface area contributed by atoms with Gasteiger partial charge in [0, 0.05) is 6.07 Å². The first-order chi connectivity index (χ1) is 11.9. The molecule has 1 aliphatic heterocycles. The predicted octanol–water partition coefficient (Wildman–Crippen LogP) is 1.81. The van der Waals surface area contributed by atoms with Crippen LogP contribution >= 0.6 is 0 Å². The van der Waals surface area contributed by atoms with Crippen LogP contribution in [-0.2, 0) is 9.59 Å². The summed E-state index contributed by atoms with van der Waals surface area (Å²) in [5, 5.41) is 16.3. The van der Waals surface area contributed by atoms with Gasteiger partial charge in [0.05, 0.1) is 17.9 Å². The zero-order valence-electron chi connectivity index (χ0n) is 13.8. The second-order valence-electron chi connectivity index (χ2n) is 6.07. The summed E-state index contributed by atoms with van der Waals surface area (Å²) in [5.74, 6) is -1.11. The quantitative estimate of drug-likeness (QED) is 0.862. The minimum Gasteiger partial charge on any atom is -0.480 e. The number of carbonyl (C=O) groups is 2. The summed E-state index contributed by atoms with van der Waals surface area (Å²) in [6.07, 6.45) is 1.31. The van der Waals surface area contributed by atoms with Crippen molar-refractivity contribution in [3.63, 3.8) is 0 Å². The van der Waals surface area contributed by atoms with Crippen LogP contribution in [-0.4, -0.2) is 50.8 Å². The summed E-state index contributed by atoms with van der Waals surface area (Å²) in [6.45, 7) is 2.38. The Morgan fingerprint density at radius 2 is 2.08 bits per heavy atom. The topological polar surface area (TPSA) is 87.5 Å². The number of carbonyl (C=O) groups excluding carboxylic acids is 1. The fourth-order valence-corrected chi connectivity index (χ4v) is 3.03. The number of hydrogen-bond acceptors (Lipinski definition) is 4. The van der Waals surface area contributed by atoms with Gasteiger partial charge in [-0.1, -0.05) is 0 Å². The van der Waals surface area contributed by atoms with E-state index in [1.807, 2.05) is 0 Å². The van der Waals surface area contributed by atoms with Crippen LogP contribution in [0, 0.1) is 12.7 Å². The maximum absolute atomic E-state index is 13.1. The summed E-state index contributed by atoms with van der Waals surface area (Å²) >= 11 is 0. The molecule has 132 valence electrons. The lowest BCUT2D eigenvalue weighted by Gasteiger charge is -2.20. The van der Waals surface area contributed by atoms with Gasteiger partial charge in [-0.25, -0.2) is 9.07 Å². The van der Waals surface area contributed by atoms with Gasteiger partial charge in [-0.3, -0.25) is 14.5 Å². The second-order valence-corrected chi connectivity index (χ2v) is 6.07. The Balaban J connectivity index is 1.73. The first-order valence-corrected chi connectivity index (χ1v) is 8.03. The van der Waals surface area contributed by atoms with Crippen molar-refractivity contribution in [3.8, 4) is 5.69 Å². The fourth-order valence-electron chi connectivity index (χ4n) is 3.03. The van der Waals surface area contributed by atoms with Crippen LogP contribution in [0.2, 0.25) is 0 Å². The SMILES string of the molecule is Cc1cc(NC(=O)CN2CCC[C@@H]2C(=O)O)n(-c2ccc(F)cc2)n1. The van der Waals surface area contributed by atoms with Gasteiger partial charge in [0.1, 0.15) is 17.7 Å². The van der Waals surface area contributed by atoms with E-state index in [4.69, 9.17) is 0 Å². The normalized spacial score (nSPS) is 17.6. The molecular formula is C17H19FN4O3. The lowest BCUT2D eigenvalue weighted by molar-refractivity contribution is -0.142. The number of nitrogens with one attached hydrogen (secondary N) is 1. The van der Waals surface area contributed by atoms with Crippen LogP contribution < -0.4 is 5.32 Å². The van der Waals surface area contributed by atoms with Crippen molar-refractivity contribution in [1.82, 2.24) is 14.7 Å². The minimum absolute atomic E-state index is 0.00458. The van der Waals surface area contributed by atoms with E-state index in [9.17, 15) is 19.1 Å². The van der Waals surface area contributed by atoms with Crippen LogP contribution in [0.5, 0.6) is 0 Å². The number of likely N-dealkylation sites (tertiary alicyclic amines) is 1. The van der Waals surface area contributed by atoms with Crippen LogP contribution in [0.4, 0.5) is 10.2 Å². The maximum Gasteiger partial charge on any atom is 0.320 e. The average Bonchev–Trinajstić information content (AvgIpc) is 3.15. The molecule has 25 heavy (non-hydrogen) atoms. The van der Waals surface area contributed by atoms with Gasteiger partial charge < -0.3 is 10.4 Å². The maximum atomic E-state index is 13.1. The van der Waals surface area contributed by atoms with Crippen molar-refractivity contribution in [2.45, 2.75) is 25.8 Å². The van der Waals surface area contributed by atoms with E-state index in [2.05, 4.69) is 10.4 Å². The molecule has 1 fully saturated rings. The van der Waals surface area contributed by atoms with Crippen LogP contribution in [0.1, 0.15) is 18.5 Å². The number of aryl methyl sites for hydroxylation is 1. The van der Waals surface area contributed by atoms with Crippen LogP contribution in [0.15, 0.2) is 30.3 Å². The van der Waals surface area contributed by atoms with E-state index in [0.717, 1.165) is 6.42 Å². The molecule has 1 atom stereocenters. The third kappa shape index (κ3) is 3.85. The van der Waals surface area contributed by atoms with E-state index in [0.29, 0.717) is 30.2 Å². The van der Waals surface area contributed by atoms with Gasteiger partial charge in [-0.15, -0.1) is 0 Å².